The van der Waals surface area contributed by atoms with Crippen molar-refractivity contribution >= 4 is 11.7 Å². The molecule has 0 atom stereocenters. The topological polar surface area (TPSA) is 55.4 Å². The highest BCUT2D eigenvalue weighted by Crippen LogP contribution is 1.89. The molecule has 16 heavy (non-hydrogen) atoms. The van der Waals surface area contributed by atoms with Crippen molar-refractivity contribution in [1.29, 1.82) is 0 Å². The second-order valence-electron chi connectivity index (χ2n) is 3.36. The van der Waals surface area contributed by atoms with Crippen LogP contribution in [-0.2, 0) is 14.3 Å². The van der Waals surface area contributed by atoms with E-state index in [-0.39, 0.29) is 18.1 Å². The number of amides is 1. The molecule has 0 unspecified atom stereocenters. The molecule has 0 rings (SSSR count). The molecule has 0 aromatic carbocycles. The Morgan fingerprint density at radius 1 is 1.38 bits per heavy atom. The zero-order valence-corrected chi connectivity index (χ0v) is 9.75. The SMILES string of the molecule is C=C=CCCOCCNC(=O)CCC(C)=O. The largest absolute Gasteiger partial charge is 0.379 e. The summed E-state index contributed by atoms with van der Waals surface area (Å²) in [6.45, 7) is 6.47. The Bertz CT molecular complexity index is 267. The lowest BCUT2D eigenvalue weighted by molar-refractivity contribution is -0.124. The minimum absolute atomic E-state index is 0.0302. The lowest BCUT2D eigenvalue weighted by Crippen LogP contribution is -2.27. The molecule has 4 nitrogen and oxygen atoms in total. The monoisotopic (exact) mass is 225 g/mol. The molecule has 0 bridgehead atoms. The van der Waals surface area contributed by atoms with Gasteiger partial charge in [0.1, 0.15) is 5.78 Å². The normalized spacial score (nSPS) is 9.31. The third kappa shape index (κ3) is 10.7. The molecule has 1 N–H and O–H groups in total. The first-order valence-corrected chi connectivity index (χ1v) is 5.35. The van der Waals surface area contributed by atoms with Gasteiger partial charge >= 0.3 is 0 Å². The maximum atomic E-state index is 11.1. The lowest BCUT2D eigenvalue weighted by Gasteiger charge is -2.04. The fourth-order valence-corrected chi connectivity index (χ4v) is 0.987. The van der Waals surface area contributed by atoms with Crippen molar-refractivity contribution < 1.29 is 14.3 Å². The smallest absolute Gasteiger partial charge is 0.220 e. The predicted octanol–water partition coefficient (Wildman–Crippen LogP) is 1.22. The fraction of sp³-hybridized carbons (Fsp3) is 0.583. The van der Waals surface area contributed by atoms with E-state index in [2.05, 4.69) is 17.6 Å². The van der Waals surface area contributed by atoms with Gasteiger partial charge in [-0.2, -0.15) is 0 Å². The number of nitrogens with one attached hydrogen (secondary N) is 1. The van der Waals surface area contributed by atoms with E-state index in [0.29, 0.717) is 26.2 Å². The van der Waals surface area contributed by atoms with E-state index >= 15 is 0 Å². The van der Waals surface area contributed by atoms with Gasteiger partial charge in [0.2, 0.25) is 5.91 Å². The number of ether oxygens (including phenoxy) is 1. The molecule has 0 aliphatic rings. The molecule has 0 saturated heterocycles. The Labute approximate surface area is 96.4 Å². The zero-order valence-electron chi connectivity index (χ0n) is 9.75. The van der Waals surface area contributed by atoms with Gasteiger partial charge in [-0.1, -0.05) is 6.58 Å². The highest BCUT2D eigenvalue weighted by atomic mass is 16.5. The van der Waals surface area contributed by atoms with Crippen LogP contribution < -0.4 is 5.32 Å². The van der Waals surface area contributed by atoms with E-state index in [0.717, 1.165) is 6.42 Å². The van der Waals surface area contributed by atoms with Crippen LogP contribution in [0.25, 0.3) is 0 Å². The number of Topliss-reactive ketones (excluding diaryl/α,β-unsaturated/α-hetero) is 1. The van der Waals surface area contributed by atoms with Crippen molar-refractivity contribution in [3.8, 4) is 0 Å². The number of ketones is 1. The molecule has 0 spiro atoms. The van der Waals surface area contributed by atoms with Crippen molar-refractivity contribution in [2.24, 2.45) is 0 Å². The van der Waals surface area contributed by atoms with Crippen LogP contribution in [0.5, 0.6) is 0 Å². The van der Waals surface area contributed by atoms with E-state index in [1.165, 1.54) is 6.92 Å². The van der Waals surface area contributed by atoms with Crippen molar-refractivity contribution in [2.75, 3.05) is 19.8 Å². The molecule has 0 heterocycles. The molecule has 90 valence electrons. The van der Waals surface area contributed by atoms with Gasteiger partial charge in [-0.05, 0) is 19.4 Å². The van der Waals surface area contributed by atoms with Crippen LogP contribution in [0.1, 0.15) is 26.2 Å². The minimum atomic E-state index is -0.107. The maximum Gasteiger partial charge on any atom is 0.220 e. The Hall–Kier alpha value is -1.38. The summed E-state index contributed by atoms with van der Waals surface area (Å²) < 4.78 is 5.23. The second-order valence-corrected chi connectivity index (χ2v) is 3.36. The van der Waals surface area contributed by atoms with E-state index in [1.807, 2.05) is 0 Å². The van der Waals surface area contributed by atoms with E-state index in [9.17, 15) is 9.59 Å². The average Bonchev–Trinajstić information content (AvgIpc) is 2.25. The minimum Gasteiger partial charge on any atom is -0.379 e. The molecule has 1 amide bonds. The van der Waals surface area contributed by atoms with Gasteiger partial charge in [0.05, 0.1) is 13.2 Å². The Balaban J connectivity index is 3.27. The summed E-state index contributed by atoms with van der Waals surface area (Å²) in [4.78, 5) is 21.7. The molecular weight excluding hydrogens is 206 g/mol. The maximum absolute atomic E-state index is 11.1. The Morgan fingerprint density at radius 3 is 2.75 bits per heavy atom. The molecule has 0 fully saturated rings. The van der Waals surface area contributed by atoms with Crippen LogP contribution >= 0.6 is 0 Å². The van der Waals surface area contributed by atoms with Gasteiger partial charge in [-0.25, -0.2) is 0 Å². The third-order valence-electron chi connectivity index (χ3n) is 1.82. The predicted molar refractivity (Wildman–Crippen MR) is 62.1 cm³/mol. The molecule has 0 aromatic rings. The number of carbonyl (C=O) groups is 2. The zero-order chi connectivity index (χ0) is 12.2. The van der Waals surface area contributed by atoms with Crippen molar-refractivity contribution in [1.82, 2.24) is 5.32 Å². The summed E-state index contributed by atoms with van der Waals surface area (Å²) in [6.07, 6.45) is 3.14. The second kappa shape index (κ2) is 10.1. The first kappa shape index (κ1) is 14.6. The summed E-state index contributed by atoms with van der Waals surface area (Å²) in [5.41, 5.74) is 2.65. The van der Waals surface area contributed by atoms with Gasteiger partial charge in [0.25, 0.3) is 0 Å². The van der Waals surface area contributed by atoms with E-state index in [1.54, 1.807) is 6.08 Å². The lowest BCUT2D eigenvalue weighted by atomic mass is 10.2. The molecule has 4 heteroatoms. The standard InChI is InChI=1S/C12H19NO3/c1-3-4-5-9-16-10-8-13-12(15)7-6-11(2)14/h4H,1,5-10H2,2H3,(H,13,15). The summed E-state index contributed by atoms with van der Waals surface area (Å²) in [5, 5.41) is 2.67. The van der Waals surface area contributed by atoms with Crippen LogP contribution in [0.4, 0.5) is 0 Å². The Morgan fingerprint density at radius 2 is 2.12 bits per heavy atom. The van der Waals surface area contributed by atoms with Crippen LogP contribution in [0.2, 0.25) is 0 Å². The molecule has 0 saturated carbocycles. The number of hydrogen-bond acceptors (Lipinski definition) is 3. The third-order valence-corrected chi connectivity index (χ3v) is 1.82. The highest BCUT2D eigenvalue weighted by molar-refractivity contribution is 5.83. The average molecular weight is 225 g/mol. The molecule has 0 aliphatic heterocycles. The van der Waals surface area contributed by atoms with Gasteiger partial charge in [-0.15, -0.1) is 5.73 Å². The quantitative estimate of drug-likeness (QED) is 0.474. The summed E-state index contributed by atoms with van der Waals surface area (Å²) >= 11 is 0. The molecule has 0 aliphatic carbocycles. The van der Waals surface area contributed by atoms with Gasteiger partial charge in [0, 0.05) is 19.4 Å². The molecule has 0 aromatic heterocycles. The van der Waals surface area contributed by atoms with Crippen LogP contribution in [0, 0.1) is 0 Å². The van der Waals surface area contributed by atoms with Gasteiger partial charge in [-0.3, -0.25) is 4.79 Å². The highest BCUT2D eigenvalue weighted by Gasteiger charge is 2.01. The van der Waals surface area contributed by atoms with E-state index < -0.39 is 0 Å². The number of hydrogen-bond donors (Lipinski definition) is 1. The fourth-order valence-electron chi connectivity index (χ4n) is 0.987. The molecular formula is C12H19NO3. The first-order chi connectivity index (χ1) is 7.66. The van der Waals surface area contributed by atoms with Gasteiger partial charge < -0.3 is 14.8 Å². The summed E-state index contributed by atoms with van der Waals surface area (Å²) in [7, 11) is 0. The van der Waals surface area contributed by atoms with Gasteiger partial charge in [0.15, 0.2) is 0 Å². The Kier molecular flexibility index (Phi) is 9.27. The van der Waals surface area contributed by atoms with Crippen molar-refractivity contribution in [2.45, 2.75) is 26.2 Å². The first-order valence-electron chi connectivity index (χ1n) is 5.35. The van der Waals surface area contributed by atoms with Crippen LogP contribution in [0.15, 0.2) is 18.4 Å². The molecule has 0 radical (unpaired) electrons. The summed E-state index contributed by atoms with van der Waals surface area (Å²) in [5.74, 6) is -0.0765. The van der Waals surface area contributed by atoms with E-state index in [4.69, 9.17) is 4.74 Å². The van der Waals surface area contributed by atoms with Crippen LogP contribution in [-0.4, -0.2) is 31.4 Å². The number of carbonyl (C=O) groups excluding carboxylic acids is 2. The van der Waals surface area contributed by atoms with Crippen molar-refractivity contribution in [3.63, 3.8) is 0 Å². The summed E-state index contributed by atoms with van der Waals surface area (Å²) in [6, 6.07) is 0. The number of rotatable bonds is 9. The van der Waals surface area contributed by atoms with Crippen LogP contribution in [0.3, 0.4) is 0 Å². The van der Waals surface area contributed by atoms with Crippen molar-refractivity contribution in [3.05, 3.63) is 18.4 Å².